The Labute approximate surface area is 75.5 Å². The molecule has 0 aliphatic heterocycles. The molecule has 6 heteroatoms. The number of nitrogens with two attached hydrogens (primary N) is 2. The molecular weight excluding hydrogens is 178 g/mol. The minimum Gasteiger partial charge on any atom is -0.392 e. The smallest absolute Gasteiger partial charge is 0.217 e. The lowest BCUT2D eigenvalue weighted by Gasteiger charge is -2.12. The molecule has 0 saturated heterocycles. The third-order valence-electron chi connectivity index (χ3n) is 1.29. The van der Waals surface area contributed by atoms with E-state index < -0.39 is 11.9 Å². The normalized spacial score (nSPS) is 11.7. The van der Waals surface area contributed by atoms with Crippen molar-refractivity contribution < 1.29 is 9.59 Å². The Hall–Kier alpha value is -1.17. The standard InChI is InChI=1S/C6H11N3O2S/c7-5(11)2-1-4(6(8)12)9-3-10/h3-4H,1-2H2,(H2,7,11)(H2,8,12)(H,9,10). The first kappa shape index (κ1) is 10.8. The number of hydrogen-bond donors (Lipinski definition) is 3. The van der Waals surface area contributed by atoms with Crippen molar-refractivity contribution in [2.75, 3.05) is 0 Å². The van der Waals surface area contributed by atoms with Gasteiger partial charge >= 0.3 is 0 Å². The van der Waals surface area contributed by atoms with E-state index in [9.17, 15) is 9.59 Å². The highest BCUT2D eigenvalue weighted by Gasteiger charge is 2.10. The number of carbonyl (C=O) groups is 2. The van der Waals surface area contributed by atoms with Crippen molar-refractivity contribution in [3.05, 3.63) is 0 Å². The third-order valence-corrected chi connectivity index (χ3v) is 1.58. The van der Waals surface area contributed by atoms with Crippen LogP contribution in [0.3, 0.4) is 0 Å². The van der Waals surface area contributed by atoms with Gasteiger partial charge in [0, 0.05) is 6.42 Å². The summed E-state index contributed by atoms with van der Waals surface area (Å²) in [6.45, 7) is 0. The van der Waals surface area contributed by atoms with Gasteiger partial charge in [-0.05, 0) is 6.42 Å². The minimum absolute atomic E-state index is 0.156. The zero-order valence-corrected chi connectivity index (χ0v) is 7.26. The maximum absolute atomic E-state index is 10.4. The molecule has 5 N–H and O–H groups in total. The van der Waals surface area contributed by atoms with Crippen LogP contribution in [-0.4, -0.2) is 23.3 Å². The molecule has 1 unspecified atom stereocenters. The first-order chi connectivity index (χ1) is 5.57. The van der Waals surface area contributed by atoms with Crippen LogP contribution in [0.4, 0.5) is 0 Å². The topological polar surface area (TPSA) is 98.2 Å². The molecular formula is C6H11N3O2S. The lowest BCUT2D eigenvalue weighted by molar-refractivity contribution is -0.118. The SMILES string of the molecule is NC(=O)CCC(NC=O)C(N)=S. The summed E-state index contributed by atoms with van der Waals surface area (Å²) in [5.41, 5.74) is 10.2. The summed E-state index contributed by atoms with van der Waals surface area (Å²) in [5.74, 6) is -0.441. The van der Waals surface area contributed by atoms with Gasteiger partial charge in [0.25, 0.3) is 0 Å². The fourth-order valence-electron chi connectivity index (χ4n) is 0.676. The van der Waals surface area contributed by atoms with E-state index in [4.69, 9.17) is 11.5 Å². The number of amides is 2. The van der Waals surface area contributed by atoms with E-state index in [1.165, 1.54) is 0 Å². The lowest BCUT2D eigenvalue weighted by Crippen LogP contribution is -2.40. The summed E-state index contributed by atoms with van der Waals surface area (Å²) in [6, 6.07) is -0.440. The number of hydrogen-bond acceptors (Lipinski definition) is 3. The molecule has 68 valence electrons. The third kappa shape index (κ3) is 4.62. The van der Waals surface area contributed by atoms with Crippen LogP contribution >= 0.6 is 12.2 Å². The highest BCUT2D eigenvalue weighted by Crippen LogP contribution is 1.96. The van der Waals surface area contributed by atoms with Crippen molar-refractivity contribution in [3.8, 4) is 0 Å². The van der Waals surface area contributed by atoms with Crippen LogP contribution in [0.5, 0.6) is 0 Å². The first-order valence-electron chi connectivity index (χ1n) is 3.35. The fraction of sp³-hybridized carbons (Fsp3) is 0.500. The van der Waals surface area contributed by atoms with Gasteiger partial charge in [-0.1, -0.05) is 12.2 Å². The summed E-state index contributed by atoms with van der Waals surface area (Å²) in [6.07, 6.45) is 0.997. The molecule has 2 amide bonds. The molecule has 12 heavy (non-hydrogen) atoms. The summed E-state index contributed by atoms with van der Waals surface area (Å²) >= 11 is 4.64. The monoisotopic (exact) mass is 189 g/mol. The molecule has 0 aromatic rings. The second-order valence-corrected chi connectivity index (χ2v) is 2.72. The van der Waals surface area contributed by atoms with Crippen molar-refractivity contribution in [1.29, 1.82) is 0 Å². The number of thiocarbonyl (C=S) groups is 1. The van der Waals surface area contributed by atoms with Crippen molar-refractivity contribution in [1.82, 2.24) is 5.32 Å². The van der Waals surface area contributed by atoms with Gasteiger partial charge < -0.3 is 16.8 Å². The van der Waals surface area contributed by atoms with Crippen molar-refractivity contribution in [2.24, 2.45) is 11.5 Å². The Balaban J connectivity index is 3.86. The van der Waals surface area contributed by atoms with Gasteiger partial charge in [0.2, 0.25) is 12.3 Å². The maximum atomic E-state index is 10.4. The predicted octanol–water partition coefficient (Wildman–Crippen LogP) is -1.35. The highest BCUT2D eigenvalue weighted by molar-refractivity contribution is 7.80. The van der Waals surface area contributed by atoms with Crippen LogP contribution in [0.1, 0.15) is 12.8 Å². The van der Waals surface area contributed by atoms with Crippen LogP contribution in [-0.2, 0) is 9.59 Å². The van der Waals surface area contributed by atoms with E-state index in [-0.39, 0.29) is 11.4 Å². The van der Waals surface area contributed by atoms with E-state index in [0.29, 0.717) is 12.8 Å². The Morgan fingerprint density at radius 3 is 2.50 bits per heavy atom. The van der Waals surface area contributed by atoms with Gasteiger partial charge in [-0.15, -0.1) is 0 Å². The summed E-state index contributed by atoms with van der Waals surface area (Å²) in [5, 5.41) is 2.38. The largest absolute Gasteiger partial charge is 0.392 e. The summed E-state index contributed by atoms with van der Waals surface area (Å²) in [4.78, 5) is 20.5. The molecule has 0 rings (SSSR count). The minimum atomic E-state index is -0.441. The molecule has 0 aromatic heterocycles. The predicted molar refractivity (Wildman–Crippen MR) is 48.2 cm³/mol. The Morgan fingerprint density at radius 1 is 1.58 bits per heavy atom. The highest BCUT2D eigenvalue weighted by atomic mass is 32.1. The zero-order chi connectivity index (χ0) is 9.56. The van der Waals surface area contributed by atoms with Crippen LogP contribution < -0.4 is 16.8 Å². The molecule has 0 spiro atoms. The molecule has 0 heterocycles. The molecule has 0 aromatic carbocycles. The second-order valence-electron chi connectivity index (χ2n) is 2.24. The van der Waals surface area contributed by atoms with Crippen LogP contribution in [0.15, 0.2) is 0 Å². The Morgan fingerprint density at radius 2 is 2.17 bits per heavy atom. The molecule has 1 atom stereocenters. The van der Waals surface area contributed by atoms with Gasteiger partial charge in [0.05, 0.1) is 11.0 Å². The van der Waals surface area contributed by atoms with Crippen LogP contribution in [0, 0.1) is 0 Å². The molecule has 5 nitrogen and oxygen atoms in total. The number of nitrogens with one attached hydrogen (secondary N) is 1. The second kappa shape index (κ2) is 5.48. The van der Waals surface area contributed by atoms with Gasteiger partial charge in [-0.25, -0.2) is 0 Å². The van der Waals surface area contributed by atoms with Crippen molar-refractivity contribution >= 4 is 29.5 Å². The van der Waals surface area contributed by atoms with Gasteiger partial charge in [0.15, 0.2) is 0 Å². The zero-order valence-electron chi connectivity index (χ0n) is 6.45. The Bertz CT molecular complexity index is 195. The quantitative estimate of drug-likeness (QED) is 0.355. The van der Waals surface area contributed by atoms with Crippen LogP contribution in [0.2, 0.25) is 0 Å². The van der Waals surface area contributed by atoms with Crippen LogP contribution in [0.25, 0.3) is 0 Å². The van der Waals surface area contributed by atoms with Crippen molar-refractivity contribution in [3.63, 3.8) is 0 Å². The average Bonchev–Trinajstić information content (AvgIpc) is 1.96. The number of rotatable bonds is 6. The van der Waals surface area contributed by atoms with E-state index in [1.807, 2.05) is 0 Å². The van der Waals surface area contributed by atoms with E-state index in [1.54, 1.807) is 0 Å². The molecule has 0 fully saturated rings. The van der Waals surface area contributed by atoms with E-state index in [2.05, 4.69) is 17.5 Å². The number of carbonyl (C=O) groups excluding carboxylic acids is 2. The lowest BCUT2D eigenvalue weighted by atomic mass is 10.1. The molecule has 0 radical (unpaired) electrons. The molecule has 0 aliphatic carbocycles. The van der Waals surface area contributed by atoms with Gasteiger partial charge in [0.1, 0.15) is 0 Å². The van der Waals surface area contributed by atoms with Gasteiger partial charge in [-0.2, -0.15) is 0 Å². The average molecular weight is 189 g/mol. The van der Waals surface area contributed by atoms with Gasteiger partial charge in [-0.3, -0.25) is 9.59 Å². The first-order valence-corrected chi connectivity index (χ1v) is 3.76. The maximum Gasteiger partial charge on any atom is 0.217 e. The Kier molecular flexibility index (Phi) is 4.94. The molecule has 0 aliphatic rings. The molecule has 0 bridgehead atoms. The summed E-state index contributed by atoms with van der Waals surface area (Å²) < 4.78 is 0. The summed E-state index contributed by atoms with van der Waals surface area (Å²) in [7, 11) is 0. The van der Waals surface area contributed by atoms with Crippen molar-refractivity contribution in [2.45, 2.75) is 18.9 Å². The fourth-order valence-corrected chi connectivity index (χ4v) is 0.862. The molecule has 0 saturated carbocycles. The van der Waals surface area contributed by atoms with E-state index >= 15 is 0 Å². The van der Waals surface area contributed by atoms with E-state index in [0.717, 1.165) is 0 Å². The number of primary amides is 1.